The van der Waals surface area contributed by atoms with Crippen LogP contribution in [0.1, 0.15) is 17.5 Å². The molecule has 1 aromatic carbocycles. The van der Waals surface area contributed by atoms with Gasteiger partial charge in [0.05, 0.1) is 17.9 Å². The average Bonchev–Trinajstić information content (AvgIpc) is 3.38. The molecule has 3 heterocycles. The van der Waals surface area contributed by atoms with Crippen LogP contribution in [-0.2, 0) is 22.7 Å². The average molecular weight is 375 g/mol. The molecule has 7 heteroatoms. The minimum absolute atomic E-state index is 0.00261. The van der Waals surface area contributed by atoms with Gasteiger partial charge >= 0.3 is 0 Å². The minimum Gasteiger partial charge on any atom is -0.352 e. The molecule has 1 atom stereocenters. The second-order valence-electron chi connectivity index (χ2n) is 6.85. The lowest BCUT2D eigenvalue weighted by Gasteiger charge is -2.17. The summed E-state index contributed by atoms with van der Waals surface area (Å²) in [6.07, 6.45) is 9.01. The summed E-state index contributed by atoms with van der Waals surface area (Å²) in [5.41, 5.74) is 2.93. The number of pyridine rings is 1. The first-order valence-corrected chi connectivity index (χ1v) is 9.21. The van der Waals surface area contributed by atoms with Gasteiger partial charge in [-0.05, 0) is 23.3 Å². The highest BCUT2D eigenvalue weighted by molar-refractivity contribution is 5.89. The Morgan fingerprint density at radius 2 is 2.04 bits per heavy atom. The van der Waals surface area contributed by atoms with Gasteiger partial charge in [0.15, 0.2) is 0 Å². The van der Waals surface area contributed by atoms with Crippen LogP contribution in [0.3, 0.4) is 0 Å². The zero-order valence-electron chi connectivity index (χ0n) is 15.4. The van der Waals surface area contributed by atoms with Crippen LogP contribution in [0, 0.1) is 5.92 Å². The molecule has 0 radical (unpaired) electrons. The molecule has 1 aliphatic heterocycles. The summed E-state index contributed by atoms with van der Waals surface area (Å²) in [5.74, 6) is -0.421. The molecule has 2 aromatic heterocycles. The molecule has 3 aromatic rings. The lowest BCUT2D eigenvalue weighted by atomic mass is 10.1. The van der Waals surface area contributed by atoms with Gasteiger partial charge in [0.25, 0.3) is 0 Å². The zero-order chi connectivity index (χ0) is 19.3. The maximum absolute atomic E-state index is 12.6. The number of imidazole rings is 1. The van der Waals surface area contributed by atoms with Crippen molar-refractivity contribution in [1.82, 2.24) is 24.8 Å². The molecular formula is C21H21N5O2. The van der Waals surface area contributed by atoms with Crippen molar-refractivity contribution in [3.63, 3.8) is 0 Å². The van der Waals surface area contributed by atoms with Crippen LogP contribution in [-0.4, -0.2) is 37.8 Å². The van der Waals surface area contributed by atoms with Crippen LogP contribution in [0.4, 0.5) is 0 Å². The zero-order valence-corrected chi connectivity index (χ0v) is 15.4. The van der Waals surface area contributed by atoms with Crippen molar-refractivity contribution in [2.45, 2.75) is 19.5 Å². The largest absolute Gasteiger partial charge is 0.352 e. The lowest BCUT2D eigenvalue weighted by Crippen LogP contribution is -2.32. The number of nitrogens with zero attached hydrogens (tertiary/aromatic N) is 4. The molecule has 2 amide bonds. The van der Waals surface area contributed by atoms with Gasteiger partial charge in [-0.15, -0.1) is 0 Å². The van der Waals surface area contributed by atoms with Crippen LogP contribution in [0.2, 0.25) is 0 Å². The van der Waals surface area contributed by atoms with Gasteiger partial charge in [0, 0.05) is 50.8 Å². The van der Waals surface area contributed by atoms with Gasteiger partial charge in [0.2, 0.25) is 11.8 Å². The third-order valence-corrected chi connectivity index (χ3v) is 4.91. The minimum atomic E-state index is -0.329. The summed E-state index contributed by atoms with van der Waals surface area (Å²) in [4.78, 5) is 34.8. The maximum Gasteiger partial charge on any atom is 0.225 e. The van der Waals surface area contributed by atoms with Crippen LogP contribution < -0.4 is 5.32 Å². The summed E-state index contributed by atoms with van der Waals surface area (Å²) in [6.45, 7) is 1.32. The Hall–Kier alpha value is -3.48. The van der Waals surface area contributed by atoms with Crippen LogP contribution in [0.5, 0.6) is 0 Å². The van der Waals surface area contributed by atoms with E-state index in [1.807, 2.05) is 47.2 Å². The van der Waals surface area contributed by atoms with Gasteiger partial charge in [-0.1, -0.05) is 24.3 Å². The van der Waals surface area contributed by atoms with Crippen molar-refractivity contribution in [3.05, 3.63) is 78.6 Å². The summed E-state index contributed by atoms with van der Waals surface area (Å²) in [6, 6.07) is 11.6. The maximum atomic E-state index is 12.6. The Kier molecular flexibility index (Phi) is 5.14. The summed E-state index contributed by atoms with van der Waals surface area (Å²) in [5, 5.41) is 2.98. The van der Waals surface area contributed by atoms with Crippen molar-refractivity contribution in [2.24, 2.45) is 5.92 Å². The first-order chi connectivity index (χ1) is 13.7. The third-order valence-electron chi connectivity index (χ3n) is 4.91. The molecule has 7 nitrogen and oxygen atoms in total. The molecule has 1 N–H and O–H groups in total. The highest BCUT2D eigenvalue weighted by atomic mass is 16.2. The molecule has 1 fully saturated rings. The number of benzene rings is 1. The molecule has 0 unspecified atom stereocenters. The van der Waals surface area contributed by atoms with Gasteiger partial charge < -0.3 is 14.8 Å². The number of likely N-dealkylation sites (tertiary alicyclic amines) is 1. The molecular weight excluding hydrogens is 354 g/mol. The number of rotatable bonds is 6. The van der Waals surface area contributed by atoms with Gasteiger partial charge in [-0.25, -0.2) is 4.98 Å². The van der Waals surface area contributed by atoms with Crippen molar-refractivity contribution in [3.8, 4) is 5.69 Å². The normalized spacial score (nSPS) is 16.4. The Bertz CT molecular complexity index is 956. The van der Waals surface area contributed by atoms with E-state index in [2.05, 4.69) is 15.3 Å². The smallest absolute Gasteiger partial charge is 0.225 e. The summed E-state index contributed by atoms with van der Waals surface area (Å²) in [7, 11) is 0. The summed E-state index contributed by atoms with van der Waals surface area (Å²) < 4.78 is 1.91. The standard InChI is InChI=1S/C21H21N5O2/c27-20-10-18(14-26(20)13-16-4-3-7-22-11-16)21(28)24-12-17-5-1-2-6-19(17)25-9-8-23-15-25/h1-9,11,15,18H,10,12-14H2,(H,24,28)/t18-/m1/s1. The third kappa shape index (κ3) is 3.93. The summed E-state index contributed by atoms with van der Waals surface area (Å²) >= 11 is 0. The van der Waals surface area contributed by atoms with Gasteiger partial charge in [-0.2, -0.15) is 0 Å². The number of para-hydroxylation sites is 1. The first-order valence-electron chi connectivity index (χ1n) is 9.21. The van der Waals surface area contributed by atoms with Crippen LogP contribution in [0.15, 0.2) is 67.5 Å². The fraction of sp³-hybridized carbons (Fsp3) is 0.238. The SMILES string of the molecule is O=C(NCc1ccccc1-n1ccnc1)[C@@H]1CC(=O)N(Cc2cccnc2)C1. The van der Waals surface area contributed by atoms with E-state index >= 15 is 0 Å². The quantitative estimate of drug-likeness (QED) is 0.714. The monoisotopic (exact) mass is 375 g/mol. The molecule has 0 bridgehead atoms. The van der Waals surface area contributed by atoms with E-state index in [-0.39, 0.29) is 24.2 Å². The molecule has 1 aliphatic rings. The Morgan fingerprint density at radius 1 is 1.14 bits per heavy atom. The van der Waals surface area contributed by atoms with E-state index in [1.165, 1.54) is 0 Å². The van der Waals surface area contributed by atoms with Crippen molar-refractivity contribution < 1.29 is 9.59 Å². The number of amides is 2. The molecule has 0 spiro atoms. The van der Waals surface area contributed by atoms with Gasteiger partial charge in [0.1, 0.15) is 0 Å². The van der Waals surface area contributed by atoms with Gasteiger partial charge in [-0.3, -0.25) is 14.6 Å². The topological polar surface area (TPSA) is 80.1 Å². The first kappa shape index (κ1) is 17.9. The number of nitrogens with one attached hydrogen (secondary N) is 1. The van der Waals surface area contributed by atoms with Crippen LogP contribution >= 0.6 is 0 Å². The second-order valence-corrected chi connectivity index (χ2v) is 6.85. The number of hydrogen-bond donors (Lipinski definition) is 1. The van der Waals surface area contributed by atoms with Crippen molar-refractivity contribution in [2.75, 3.05) is 6.54 Å². The van der Waals surface area contributed by atoms with E-state index in [1.54, 1.807) is 29.8 Å². The van der Waals surface area contributed by atoms with E-state index < -0.39 is 0 Å². The molecule has 1 saturated heterocycles. The Balaban J connectivity index is 1.37. The predicted octanol–water partition coefficient (Wildman–Crippen LogP) is 1.93. The fourth-order valence-corrected chi connectivity index (χ4v) is 3.45. The number of aromatic nitrogens is 3. The van der Waals surface area contributed by atoms with E-state index in [4.69, 9.17) is 0 Å². The number of carbonyl (C=O) groups excluding carboxylic acids is 2. The Labute approximate surface area is 163 Å². The predicted molar refractivity (Wildman–Crippen MR) is 103 cm³/mol. The van der Waals surface area contributed by atoms with E-state index in [9.17, 15) is 9.59 Å². The molecule has 0 aliphatic carbocycles. The molecule has 28 heavy (non-hydrogen) atoms. The Morgan fingerprint density at radius 3 is 2.82 bits per heavy atom. The molecule has 4 rings (SSSR count). The molecule has 0 saturated carbocycles. The van der Waals surface area contributed by atoms with Crippen molar-refractivity contribution in [1.29, 1.82) is 0 Å². The fourth-order valence-electron chi connectivity index (χ4n) is 3.45. The lowest BCUT2D eigenvalue weighted by molar-refractivity contribution is -0.129. The second kappa shape index (κ2) is 8.04. The highest BCUT2D eigenvalue weighted by Gasteiger charge is 2.34. The van der Waals surface area contributed by atoms with Crippen LogP contribution in [0.25, 0.3) is 5.69 Å². The number of carbonyl (C=O) groups is 2. The number of hydrogen-bond acceptors (Lipinski definition) is 4. The molecule has 142 valence electrons. The van der Waals surface area contributed by atoms with E-state index in [0.717, 1.165) is 16.8 Å². The van der Waals surface area contributed by atoms with Crippen molar-refractivity contribution >= 4 is 11.8 Å². The van der Waals surface area contributed by atoms with E-state index in [0.29, 0.717) is 19.6 Å². The highest BCUT2D eigenvalue weighted by Crippen LogP contribution is 2.21.